The van der Waals surface area contributed by atoms with Gasteiger partial charge in [0.2, 0.25) is 0 Å². The molecule has 0 amide bonds. The highest BCUT2D eigenvalue weighted by Crippen LogP contribution is 2.09. The van der Waals surface area contributed by atoms with E-state index in [2.05, 4.69) is 10.9 Å². The molecule has 0 aliphatic carbocycles. The lowest BCUT2D eigenvalue weighted by molar-refractivity contribution is 0.283. The number of aliphatic hydroxyl groups is 1. The molecule has 0 heterocycles. The van der Waals surface area contributed by atoms with Gasteiger partial charge in [-0.05, 0) is 17.7 Å². The fourth-order valence-electron chi connectivity index (χ4n) is 0.975. The molecule has 1 aromatic rings. The standard InChI is InChI=1S/C9H14N2O2/c12-5-4-10-11-7-8-2-1-3-9(13)6-8/h1-3,6,10-13H,4-5,7H2. The molecule has 4 N–H and O–H groups in total. The van der Waals surface area contributed by atoms with Gasteiger partial charge in [-0.15, -0.1) is 0 Å². The predicted octanol–water partition coefficient (Wildman–Crippen LogP) is -0.0213. The number of rotatable bonds is 5. The van der Waals surface area contributed by atoms with E-state index >= 15 is 0 Å². The highest BCUT2D eigenvalue weighted by molar-refractivity contribution is 5.26. The SMILES string of the molecule is OCCNNCc1cccc(O)c1. The molecule has 4 heteroatoms. The molecule has 13 heavy (non-hydrogen) atoms. The maximum atomic E-state index is 9.13. The number of aliphatic hydroxyl groups excluding tert-OH is 1. The largest absolute Gasteiger partial charge is 0.508 e. The Morgan fingerprint density at radius 1 is 1.23 bits per heavy atom. The first-order chi connectivity index (χ1) is 6.33. The average Bonchev–Trinajstić information content (AvgIpc) is 2.13. The number of nitrogens with one attached hydrogen (secondary N) is 2. The van der Waals surface area contributed by atoms with Crippen molar-refractivity contribution in [3.05, 3.63) is 29.8 Å². The maximum Gasteiger partial charge on any atom is 0.115 e. The van der Waals surface area contributed by atoms with E-state index in [1.807, 2.05) is 6.07 Å². The quantitative estimate of drug-likeness (QED) is 0.382. The molecular weight excluding hydrogens is 168 g/mol. The van der Waals surface area contributed by atoms with Crippen molar-refractivity contribution in [3.8, 4) is 5.75 Å². The minimum absolute atomic E-state index is 0.104. The van der Waals surface area contributed by atoms with Gasteiger partial charge in [0.15, 0.2) is 0 Å². The Morgan fingerprint density at radius 2 is 2.08 bits per heavy atom. The summed E-state index contributed by atoms with van der Waals surface area (Å²) in [6.07, 6.45) is 0. The first kappa shape index (κ1) is 9.98. The lowest BCUT2D eigenvalue weighted by Gasteiger charge is -2.05. The fraction of sp³-hybridized carbons (Fsp3) is 0.333. The number of benzene rings is 1. The third kappa shape index (κ3) is 3.89. The second-order valence-electron chi connectivity index (χ2n) is 2.67. The molecule has 0 spiro atoms. The summed E-state index contributed by atoms with van der Waals surface area (Å²) in [6.45, 7) is 1.24. The van der Waals surface area contributed by atoms with Gasteiger partial charge in [0.05, 0.1) is 6.61 Å². The van der Waals surface area contributed by atoms with E-state index in [0.29, 0.717) is 13.1 Å². The van der Waals surface area contributed by atoms with Crippen LogP contribution in [0.15, 0.2) is 24.3 Å². The molecule has 0 unspecified atom stereocenters. The molecule has 0 atom stereocenters. The summed E-state index contributed by atoms with van der Waals surface area (Å²) in [5, 5.41) is 17.6. The van der Waals surface area contributed by atoms with Gasteiger partial charge in [-0.1, -0.05) is 12.1 Å². The number of phenols is 1. The van der Waals surface area contributed by atoms with Crippen LogP contribution < -0.4 is 10.9 Å². The summed E-state index contributed by atoms with van der Waals surface area (Å²) in [7, 11) is 0. The molecule has 4 nitrogen and oxygen atoms in total. The van der Waals surface area contributed by atoms with Gasteiger partial charge >= 0.3 is 0 Å². The Bertz CT molecular complexity index is 253. The van der Waals surface area contributed by atoms with Crippen molar-refractivity contribution in [2.45, 2.75) is 6.54 Å². The lowest BCUT2D eigenvalue weighted by Crippen LogP contribution is -2.33. The molecule has 0 radical (unpaired) electrons. The Morgan fingerprint density at radius 3 is 2.77 bits per heavy atom. The molecule has 0 aromatic heterocycles. The average molecular weight is 182 g/mol. The van der Waals surface area contributed by atoms with Crippen LogP contribution in [-0.4, -0.2) is 23.4 Å². The second kappa shape index (κ2) is 5.53. The topological polar surface area (TPSA) is 64.5 Å². The van der Waals surface area contributed by atoms with Crippen molar-refractivity contribution in [2.75, 3.05) is 13.2 Å². The van der Waals surface area contributed by atoms with Crippen LogP contribution >= 0.6 is 0 Å². The third-order valence-corrected chi connectivity index (χ3v) is 1.56. The van der Waals surface area contributed by atoms with Crippen LogP contribution in [-0.2, 0) is 6.54 Å². The second-order valence-corrected chi connectivity index (χ2v) is 2.67. The maximum absolute atomic E-state index is 9.13. The van der Waals surface area contributed by atoms with E-state index in [1.54, 1.807) is 18.2 Å². The summed E-state index contributed by atoms with van der Waals surface area (Å²) in [5.41, 5.74) is 6.72. The van der Waals surface area contributed by atoms with Gasteiger partial charge < -0.3 is 10.2 Å². The van der Waals surface area contributed by atoms with Gasteiger partial charge in [-0.25, -0.2) is 0 Å². The van der Waals surface area contributed by atoms with Crippen LogP contribution in [0.5, 0.6) is 5.75 Å². The van der Waals surface area contributed by atoms with Crippen molar-refractivity contribution in [1.82, 2.24) is 10.9 Å². The van der Waals surface area contributed by atoms with Gasteiger partial charge in [0, 0.05) is 13.1 Å². The summed E-state index contributed by atoms with van der Waals surface area (Å²) in [4.78, 5) is 0. The first-order valence-corrected chi connectivity index (χ1v) is 4.17. The zero-order chi connectivity index (χ0) is 9.52. The molecule has 0 saturated heterocycles. The van der Waals surface area contributed by atoms with Crippen LogP contribution in [0.2, 0.25) is 0 Å². The van der Waals surface area contributed by atoms with Gasteiger partial charge in [0.25, 0.3) is 0 Å². The van der Waals surface area contributed by atoms with E-state index in [1.165, 1.54) is 0 Å². The van der Waals surface area contributed by atoms with E-state index in [0.717, 1.165) is 5.56 Å². The lowest BCUT2D eigenvalue weighted by atomic mass is 10.2. The van der Waals surface area contributed by atoms with Crippen molar-refractivity contribution in [3.63, 3.8) is 0 Å². The minimum atomic E-state index is 0.104. The Balaban J connectivity index is 2.28. The smallest absolute Gasteiger partial charge is 0.115 e. The Labute approximate surface area is 77.2 Å². The molecule has 0 aliphatic rings. The third-order valence-electron chi connectivity index (χ3n) is 1.56. The molecule has 72 valence electrons. The Hall–Kier alpha value is -1.10. The number of hydrazine groups is 1. The van der Waals surface area contributed by atoms with Gasteiger partial charge in [-0.3, -0.25) is 10.9 Å². The van der Waals surface area contributed by atoms with E-state index in [-0.39, 0.29) is 12.4 Å². The molecule has 0 saturated carbocycles. The molecule has 1 rings (SSSR count). The van der Waals surface area contributed by atoms with E-state index in [4.69, 9.17) is 10.2 Å². The number of hydrogen-bond donors (Lipinski definition) is 4. The number of aromatic hydroxyl groups is 1. The van der Waals surface area contributed by atoms with Crippen LogP contribution in [0.4, 0.5) is 0 Å². The molecule has 0 bridgehead atoms. The monoisotopic (exact) mass is 182 g/mol. The van der Waals surface area contributed by atoms with E-state index < -0.39 is 0 Å². The Kier molecular flexibility index (Phi) is 4.25. The molecule has 0 aliphatic heterocycles. The zero-order valence-corrected chi connectivity index (χ0v) is 7.33. The molecular formula is C9H14N2O2. The summed E-state index contributed by atoms with van der Waals surface area (Å²) in [5.74, 6) is 0.265. The normalized spacial score (nSPS) is 10.2. The molecule has 1 aromatic carbocycles. The van der Waals surface area contributed by atoms with Crippen LogP contribution in [0.25, 0.3) is 0 Å². The van der Waals surface area contributed by atoms with Crippen molar-refractivity contribution < 1.29 is 10.2 Å². The van der Waals surface area contributed by atoms with Crippen molar-refractivity contribution in [2.24, 2.45) is 0 Å². The van der Waals surface area contributed by atoms with Crippen molar-refractivity contribution in [1.29, 1.82) is 0 Å². The van der Waals surface area contributed by atoms with Crippen molar-refractivity contribution >= 4 is 0 Å². The highest BCUT2D eigenvalue weighted by Gasteiger charge is 1.92. The van der Waals surface area contributed by atoms with Crippen LogP contribution in [0.3, 0.4) is 0 Å². The summed E-state index contributed by atoms with van der Waals surface area (Å²) >= 11 is 0. The minimum Gasteiger partial charge on any atom is -0.508 e. The highest BCUT2D eigenvalue weighted by atomic mass is 16.3. The predicted molar refractivity (Wildman–Crippen MR) is 50.0 cm³/mol. The zero-order valence-electron chi connectivity index (χ0n) is 7.33. The molecule has 0 fully saturated rings. The van der Waals surface area contributed by atoms with Gasteiger partial charge in [0.1, 0.15) is 5.75 Å². The van der Waals surface area contributed by atoms with E-state index in [9.17, 15) is 0 Å². The fourth-order valence-corrected chi connectivity index (χ4v) is 0.975. The van der Waals surface area contributed by atoms with Crippen LogP contribution in [0, 0.1) is 0 Å². The number of hydrogen-bond acceptors (Lipinski definition) is 4. The van der Waals surface area contributed by atoms with Gasteiger partial charge in [-0.2, -0.15) is 0 Å². The first-order valence-electron chi connectivity index (χ1n) is 4.17. The summed E-state index contributed by atoms with van der Waals surface area (Å²) in [6, 6.07) is 7.02. The number of phenolic OH excluding ortho intramolecular Hbond substituents is 1. The summed E-state index contributed by atoms with van der Waals surface area (Å²) < 4.78 is 0. The van der Waals surface area contributed by atoms with Crippen LogP contribution in [0.1, 0.15) is 5.56 Å².